The van der Waals surface area contributed by atoms with Crippen LogP contribution in [0.25, 0.3) is 0 Å². The van der Waals surface area contributed by atoms with Gasteiger partial charge in [-0.05, 0) is 38.4 Å². The van der Waals surface area contributed by atoms with Gasteiger partial charge in [0.2, 0.25) is 0 Å². The first-order chi connectivity index (χ1) is 9.63. The van der Waals surface area contributed by atoms with Crippen LogP contribution in [0.4, 0.5) is 0 Å². The average molecular weight is 293 g/mol. The zero-order chi connectivity index (χ0) is 14.8. The summed E-state index contributed by atoms with van der Waals surface area (Å²) in [5.74, 6) is 1.41. The molecule has 3 heteroatoms. The second-order valence-corrected chi connectivity index (χ2v) is 6.58. The molecule has 20 heavy (non-hydrogen) atoms. The van der Waals surface area contributed by atoms with E-state index in [2.05, 4.69) is 19.1 Å². The third kappa shape index (κ3) is 7.11. The van der Waals surface area contributed by atoms with Gasteiger partial charge in [-0.15, -0.1) is 11.8 Å². The number of hydrogen-bond donors (Lipinski definition) is 0. The van der Waals surface area contributed by atoms with Crippen LogP contribution in [0.15, 0.2) is 29.2 Å². The predicted molar refractivity (Wildman–Crippen MR) is 88.8 cm³/mol. The van der Waals surface area contributed by atoms with E-state index in [0.29, 0.717) is 6.42 Å². The van der Waals surface area contributed by atoms with Gasteiger partial charge in [-0.2, -0.15) is 0 Å². The van der Waals surface area contributed by atoms with Gasteiger partial charge < -0.3 is 4.90 Å². The number of nitrogens with zero attached hydrogens (tertiary/aromatic N) is 1. The van der Waals surface area contributed by atoms with E-state index in [4.69, 9.17) is 0 Å². The van der Waals surface area contributed by atoms with Crippen molar-refractivity contribution in [3.63, 3.8) is 0 Å². The predicted octanol–water partition coefficient (Wildman–Crippen LogP) is 4.49. The summed E-state index contributed by atoms with van der Waals surface area (Å²) in [6, 6.07) is 8.08. The zero-order valence-electron chi connectivity index (χ0n) is 13.0. The van der Waals surface area contributed by atoms with Gasteiger partial charge >= 0.3 is 0 Å². The summed E-state index contributed by atoms with van der Waals surface area (Å²) in [5, 5.41) is 0. The first kappa shape index (κ1) is 17.3. The molecule has 0 saturated carbocycles. The fourth-order valence-electron chi connectivity index (χ4n) is 1.93. The Bertz CT molecular complexity index is 386. The molecule has 0 bridgehead atoms. The number of carbonyl (C=O) groups excluding carboxylic acids is 1. The minimum Gasteiger partial charge on any atom is -0.309 e. The molecule has 0 heterocycles. The molecule has 0 aromatic heterocycles. The monoisotopic (exact) mass is 293 g/mol. The highest BCUT2D eigenvalue weighted by Gasteiger charge is 2.06. The highest BCUT2D eigenvalue weighted by Crippen LogP contribution is 2.20. The maximum atomic E-state index is 12.0. The van der Waals surface area contributed by atoms with Crippen LogP contribution in [0, 0.1) is 0 Å². The van der Waals surface area contributed by atoms with Crippen molar-refractivity contribution in [2.45, 2.75) is 43.9 Å². The van der Waals surface area contributed by atoms with E-state index in [1.54, 1.807) is 0 Å². The van der Waals surface area contributed by atoms with Crippen molar-refractivity contribution in [3.05, 3.63) is 29.8 Å². The summed E-state index contributed by atoms with van der Waals surface area (Å²) >= 11 is 1.89. The van der Waals surface area contributed by atoms with Gasteiger partial charge in [-0.3, -0.25) is 4.79 Å². The number of carbonyl (C=O) groups is 1. The number of Topliss-reactive ketones (excluding diaryl/α,β-unsaturated/α-hetero) is 1. The largest absolute Gasteiger partial charge is 0.309 e. The number of hydrogen-bond acceptors (Lipinski definition) is 3. The van der Waals surface area contributed by atoms with Crippen LogP contribution in [0.1, 0.15) is 49.4 Å². The normalized spacial score (nSPS) is 11.0. The fraction of sp³-hybridized carbons (Fsp3) is 0.588. The molecule has 0 fully saturated rings. The van der Waals surface area contributed by atoms with Crippen LogP contribution in [-0.2, 0) is 0 Å². The molecule has 1 rings (SSSR count). The summed E-state index contributed by atoms with van der Waals surface area (Å²) in [4.78, 5) is 15.3. The van der Waals surface area contributed by atoms with E-state index in [9.17, 15) is 4.79 Å². The van der Waals surface area contributed by atoms with Crippen molar-refractivity contribution in [3.8, 4) is 0 Å². The number of ketones is 1. The van der Waals surface area contributed by atoms with Gasteiger partial charge in [0.15, 0.2) is 5.78 Å². The number of thioether (sulfide) groups is 1. The summed E-state index contributed by atoms with van der Waals surface area (Å²) in [7, 11) is 3.98. The summed E-state index contributed by atoms with van der Waals surface area (Å²) < 4.78 is 0. The molecule has 0 unspecified atom stereocenters. The van der Waals surface area contributed by atoms with Crippen molar-refractivity contribution in [2.75, 3.05) is 26.4 Å². The van der Waals surface area contributed by atoms with Gasteiger partial charge in [0.1, 0.15) is 0 Å². The van der Waals surface area contributed by atoms with E-state index in [1.165, 1.54) is 36.3 Å². The molecule has 0 aliphatic carbocycles. The molecule has 0 N–H and O–H groups in total. The quantitative estimate of drug-likeness (QED) is 0.360. The lowest BCUT2D eigenvalue weighted by atomic mass is 10.1. The van der Waals surface area contributed by atoms with Crippen molar-refractivity contribution in [1.29, 1.82) is 0 Å². The Morgan fingerprint density at radius 3 is 2.40 bits per heavy atom. The molecule has 0 atom stereocenters. The van der Waals surface area contributed by atoms with Crippen LogP contribution in [-0.4, -0.2) is 37.1 Å². The van der Waals surface area contributed by atoms with Crippen molar-refractivity contribution in [2.24, 2.45) is 0 Å². The Morgan fingerprint density at radius 2 is 1.80 bits per heavy atom. The van der Waals surface area contributed by atoms with E-state index in [-0.39, 0.29) is 5.78 Å². The molecule has 0 radical (unpaired) electrons. The Morgan fingerprint density at radius 1 is 1.10 bits per heavy atom. The number of unbranched alkanes of at least 4 members (excludes halogenated alkanes) is 3. The molecule has 0 aliphatic heterocycles. The van der Waals surface area contributed by atoms with Crippen LogP contribution < -0.4 is 0 Å². The second kappa shape index (κ2) is 10.0. The van der Waals surface area contributed by atoms with E-state index in [1.807, 2.05) is 42.9 Å². The van der Waals surface area contributed by atoms with Crippen LogP contribution >= 0.6 is 11.8 Å². The molecule has 0 spiro atoms. The fourth-order valence-corrected chi connectivity index (χ4v) is 2.84. The minimum atomic E-state index is 0.234. The average Bonchev–Trinajstić information content (AvgIpc) is 2.45. The highest BCUT2D eigenvalue weighted by molar-refractivity contribution is 7.99. The summed E-state index contributed by atoms with van der Waals surface area (Å²) in [6.45, 7) is 3.05. The van der Waals surface area contributed by atoms with Crippen molar-refractivity contribution in [1.82, 2.24) is 4.90 Å². The molecular formula is C17H27NOS. The maximum absolute atomic E-state index is 12.0. The van der Waals surface area contributed by atoms with Gasteiger partial charge in [-0.1, -0.05) is 38.3 Å². The lowest BCUT2D eigenvalue weighted by molar-refractivity contribution is 0.0972. The first-order valence-electron chi connectivity index (χ1n) is 7.54. The van der Waals surface area contributed by atoms with Gasteiger partial charge in [0, 0.05) is 23.4 Å². The van der Waals surface area contributed by atoms with E-state index < -0.39 is 0 Å². The Labute approximate surface area is 127 Å². The Hall–Kier alpha value is -0.800. The third-order valence-electron chi connectivity index (χ3n) is 3.23. The smallest absolute Gasteiger partial charge is 0.164 e. The number of rotatable bonds is 10. The van der Waals surface area contributed by atoms with Gasteiger partial charge in [-0.25, -0.2) is 0 Å². The SMILES string of the molecule is CCCCCCSc1ccc(C(=O)CCN(C)C)cc1. The molecule has 112 valence electrons. The van der Waals surface area contributed by atoms with Gasteiger partial charge in [0.25, 0.3) is 0 Å². The summed E-state index contributed by atoms with van der Waals surface area (Å²) in [5.41, 5.74) is 0.835. The minimum absolute atomic E-state index is 0.234. The summed E-state index contributed by atoms with van der Waals surface area (Å²) in [6.07, 6.45) is 5.82. The number of benzene rings is 1. The van der Waals surface area contributed by atoms with Crippen molar-refractivity contribution >= 4 is 17.5 Å². The molecule has 0 aliphatic rings. The molecule has 1 aromatic carbocycles. The highest BCUT2D eigenvalue weighted by atomic mass is 32.2. The molecule has 0 amide bonds. The lowest BCUT2D eigenvalue weighted by Gasteiger charge is -2.08. The van der Waals surface area contributed by atoms with Crippen molar-refractivity contribution < 1.29 is 4.79 Å². The Balaban J connectivity index is 2.34. The standard InChI is InChI=1S/C17H27NOS/c1-4-5-6-7-14-20-16-10-8-15(9-11-16)17(19)12-13-18(2)3/h8-11H,4-7,12-14H2,1-3H3. The molecule has 1 aromatic rings. The van der Waals surface area contributed by atoms with E-state index in [0.717, 1.165) is 12.1 Å². The Kier molecular flexibility index (Phi) is 8.63. The lowest BCUT2D eigenvalue weighted by Crippen LogP contribution is -2.16. The van der Waals surface area contributed by atoms with E-state index >= 15 is 0 Å². The molecular weight excluding hydrogens is 266 g/mol. The maximum Gasteiger partial charge on any atom is 0.164 e. The van der Waals surface area contributed by atoms with Gasteiger partial charge in [0.05, 0.1) is 0 Å². The molecule has 2 nitrogen and oxygen atoms in total. The molecule has 0 saturated heterocycles. The topological polar surface area (TPSA) is 20.3 Å². The first-order valence-corrected chi connectivity index (χ1v) is 8.53. The van der Waals surface area contributed by atoms with Crippen LogP contribution in [0.2, 0.25) is 0 Å². The third-order valence-corrected chi connectivity index (χ3v) is 4.33. The zero-order valence-corrected chi connectivity index (χ0v) is 13.8. The van der Waals surface area contributed by atoms with Crippen LogP contribution in [0.5, 0.6) is 0 Å². The van der Waals surface area contributed by atoms with Crippen LogP contribution in [0.3, 0.4) is 0 Å². The second-order valence-electron chi connectivity index (χ2n) is 5.41.